The number of amides is 1. The van der Waals surface area contributed by atoms with Gasteiger partial charge in [-0.3, -0.25) is 4.79 Å². The van der Waals surface area contributed by atoms with Gasteiger partial charge in [-0.1, -0.05) is 55.8 Å². The number of hydrogen-bond donors (Lipinski definition) is 1. The molecule has 0 spiro atoms. The predicted molar refractivity (Wildman–Crippen MR) is 142 cm³/mol. The second kappa shape index (κ2) is 10.8. The van der Waals surface area contributed by atoms with Crippen LogP contribution in [0.2, 0.25) is 0 Å². The summed E-state index contributed by atoms with van der Waals surface area (Å²) in [7, 11) is 0. The van der Waals surface area contributed by atoms with Crippen LogP contribution in [0.15, 0.2) is 60.7 Å². The lowest BCUT2D eigenvalue weighted by Crippen LogP contribution is -2.27. The predicted octanol–water partition coefficient (Wildman–Crippen LogP) is 6.14. The third kappa shape index (κ3) is 5.73. The van der Waals surface area contributed by atoms with E-state index in [-0.39, 0.29) is 5.91 Å². The number of carbonyl (C=O) groups is 1. The molecule has 0 aliphatic heterocycles. The van der Waals surface area contributed by atoms with Crippen LogP contribution in [0, 0.1) is 20.8 Å². The molecular formula is C30H35N3O2. The van der Waals surface area contributed by atoms with Crippen LogP contribution < -0.4 is 10.1 Å². The standard InChI is InChI=1S/C30H35N3O2/c1-20(2)24-12-10-22(4)19-28(24)35-17-16-33-27-9-7-6-8-26(27)32-29(33)14-15-31-30(34)25-13-11-21(3)18-23(25)5/h6-13,18-20H,14-17H2,1-5H3,(H,31,34). The molecule has 1 amide bonds. The highest BCUT2D eigenvalue weighted by Crippen LogP contribution is 2.27. The average molecular weight is 470 g/mol. The van der Waals surface area contributed by atoms with Crippen molar-refractivity contribution in [1.82, 2.24) is 14.9 Å². The number of hydrogen-bond acceptors (Lipinski definition) is 3. The van der Waals surface area contributed by atoms with Gasteiger partial charge in [0.25, 0.3) is 5.91 Å². The van der Waals surface area contributed by atoms with E-state index in [1.54, 1.807) is 0 Å². The van der Waals surface area contributed by atoms with E-state index in [2.05, 4.69) is 54.9 Å². The smallest absolute Gasteiger partial charge is 0.251 e. The summed E-state index contributed by atoms with van der Waals surface area (Å²) >= 11 is 0. The summed E-state index contributed by atoms with van der Waals surface area (Å²) in [5, 5.41) is 3.06. The highest BCUT2D eigenvalue weighted by atomic mass is 16.5. The molecule has 5 nitrogen and oxygen atoms in total. The molecular weight excluding hydrogens is 434 g/mol. The van der Waals surface area contributed by atoms with Crippen LogP contribution in [0.25, 0.3) is 11.0 Å². The average Bonchev–Trinajstić information content (AvgIpc) is 3.16. The molecule has 0 saturated heterocycles. The molecule has 5 heteroatoms. The van der Waals surface area contributed by atoms with Gasteiger partial charge in [0.1, 0.15) is 18.2 Å². The van der Waals surface area contributed by atoms with Gasteiger partial charge in [0.15, 0.2) is 0 Å². The topological polar surface area (TPSA) is 56.2 Å². The number of fused-ring (bicyclic) bond motifs is 1. The first-order valence-electron chi connectivity index (χ1n) is 12.4. The van der Waals surface area contributed by atoms with Gasteiger partial charge in [0.2, 0.25) is 0 Å². The lowest BCUT2D eigenvalue weighted by molar-refractivity contribution is 0.0953. The highest BCUT2D eigenvalue weighted by Gasteiger charge is 2.14. The lowest BCUT2D eigenvalue weighted by atomic mass is 10.0. The van der Waals surface area contributed by atoms with Crippen molar-refractivity contribution < 1.29 is 9.53 Å². The first-order valence-corrected chi connectivity index (χ1v) is 12.4. The minimum atomic E-state index is -0.0471. The molecule has 0 bridgehead atoms. The molecule has 35 heavy (non-hydrogen) atoms. The first-order chi connectivity index (χ1) is 16.8. The van der Waals surface area contributed by atoms with E-state index in [1.165, 1.54) is 11.1 Å². The van der Waals surface area contributed by atoms with Gasteiger partial charge in [-0.2, -0.15) is 0 Å². The van der Waals surface area contributed by atoms with Gasteiger partial charge in [-0.25, -0.2) is 4.98 Å². The van der Waals surface area contributed by atoms with Crippen LogP contribution in [0.3, 0.4) is 0 Å². The molecule has 0 fully saturated rings. The van der Waals surface area contributed by atoms with Crippen molar-refractivity contribution in [2.24, 2.45) is 0 Å². The zero-order valence-corrected chi connectivity index (χ0v) is 21.4. The monoisotopic (exact) mass is 469 g/mol. The van der Waals surface area contributed by atoms with Gasteiger partial charge in [-0.15, -0.1) is 0 Å². The highest BCUT2D eigenvalue weighted by molar-refractivity contribution is 5.95. The van der Waals surface area contributed by atoms with Crippen LogP contribution in [0.4, 0.5) is 0 Å². The zero-order valence-electron chi connectivity index (χ0n) is 21.4. The van der Waals surface area contributed by atoms with Crippen LogP contribution in [-0.2, 0) is 13.0 Å². The van der Waals surface area contributed by atoms with Crippen LogP contribution in [-0.4, -0.2) is 28.6 Å². The normalized spacial score (nSPS) is 11.3. The fourth-order valence-corrected chi connectivity index (χ4v) is 4.51. The molecule has 182 valence electrons. The number of ether oxygens (including phenoxy) is 1. The summed E-state index contributed by atoms with van der Waals surface area (Å²) in [4.78, 5) is 17.6. The Hall–Kier alpha value is -3.60. The Labute approximate surface area is 208 Å². The number of benzene rings is 3. The van der Waals surface area contributed by atoms with Gasteiger partial charge in [0, 0.05) is 18.5 Å². The Morgan fingerprint density at radius 3 is 2.51 bits per heavy atom. The van der Waals surface area contributed by atoms with Crippen molar-refractivity contribution in [1.29, 1.82) is 0 Å². The molecule has 0 aliphatic carbocycles. The second-order valence-corrected chi connectivity index (χ2v) is 9.54. The molecule has 0 atom stereocenters. The van der Waals surface area contributed by atoms with Crippen molar-refractivity contribution >= 4 is 16.9 Å². The van der Waals surface area contributed by atoms with Gasteiger partial charge >= 0.3 is 0 Å². The maximum atomic E-state index is 12.7. The largest absolute Gasteiger partial charge is 0.491 e. The first kappa shape index (κ1) is 24.5. The van der Waals surface area contributed by atoms with Crippen molar-refractivity contribution in [2.75, 3.05) is 13.2 Å². The van der Waals surface area contributed by atoms with E-state index >= 15 is 0 Å². The molecule has 1 N–H and O–H groups in total. The SMILES string of the molecule is Cc1ccc(C(=O)NCCc2nc3ccccc3n2CCOc2cc(C)ccc2C(C)C)c(C)c1. The fraction of sp³-hybridized carbons (Fsp3) is 0.333. The molecule has 0 aliphatic rings. The number of para-hydroxylation sites is 2. The van der Waals surface area contributed by atoms with Crippen LogP contribution >= 0.6 is 0 Å². The molecule has 1 aromatic heterocycles. The summed E-state index contributed by atoms with van der Waals surface area (Å²) in [5.74, 6) is 2.25. The van der Waals surface area contributed by atoms with E-state index < -0.39 is 0 Å². The van der Waals surface area contributed by atoms with Gasteiger partial charge in [0.05, 0.1) is 17.6 Å². The van der Waals surface area contributed by atoms with Crippen molar-refractivity contribution in [2.45, 2.75) is 53.5 Å². The molecule has 1 heterocycles. The minimum absolute atomic E-state index is 0.0471. The van der Waals surface area contributed by atoms with Gasteiger partial charge in [-0.05, 0) is 67.6 Å². The lowest BCUT2D eigenvalue weighted by Gasteiger charge is -2.16. The number of nitrogens with one attached hydrogen (secondary N) is 1. The van der Waals surface area contributed by atoms with Crippen LogP contribution in [0.5, 0.6) is 5.75 Å². The van der Waals surface area contributed by atoms with E-state index in [0.717, 1.165) is 39.3 Å². The molecule has 0 saturated carbocycles. The van der Waals surface area contributed by atoms with E-state index in [4.69, 9.17) is 9.72 Å². The Kier molecular flexibility index (Phi) is 7.54. The quantitative estimate of drug-likeness (QED) is 0.320. The summed E-state index contributed by atoms with van der Waals surface area (Å²) in [6, 6.07) is 20.5. The number of rotatable bonds is 9. The van der Waals surface area contributed by atoms with Crippen molar-refractivity contribution in [3.05, 3.63) is 94.3 Å². The van der Waals surface area contributed by atoms with Crippen molar-refractivity contribution in [3.63, 3.8) is 0 Å². The molecule has 4 rings (SSSR count). The minimum Gasteiger partial charge on any atom is -0.491 e. The third-order valence-corrected chi connectivity index (χ3v) is 6.36. The molecule has 3 aromatic carbocycles. The molecule has 0 unspecified atom stereocenters. The summed E-state index contributed by atoms with van der Waals surface area (Å²) in [5.41, 5.74) is 7.32. The Morgan fingerprint density at radius 2 is 1.74 bits per heavy atom. The maximum absolute atomic E-state index is 12.7. The Morgan fingerprint density at radius 1 is 1.00 bits per heavy atom. The third-order valence-electron chi connectivity index (χ3n) is 6.36. The van der Waals surface area contributed by atoms with E-state index in [1.807, 2.05) is 50.2 Å². The van der Waals surface area contributed by atoms with Crippen LogP contribution in [0.1, 0.15) is 58.2 Å². The number of aryl methyl sites for hydroxylation is 3. The Bertz CT molecular complexity index is 1340. The fourth-order valence-electron chi connectivity index (χ4n) is 4.51. The molecule has 4 aromatic rings. The van der Waals surface area contributed by atoms with E-state index in [9.17, 15) is 4.79 Å². The summed E-state index contributed by atoms with van der Waals surface area (Å²) < 4.78 is 8.47. The summed E-state index contributed by atoms with van der Waals surface area (Å²) in [6.07, 6.45) is 0.646. The van der Waals surface area contributed by atoms with Gasteiger partial charge < -0.3 is 14.6 Å². The Balaban J connectivity index is 1.46. The molecule has 0 radical (unpaired) electrons. The number of imidazole rings is 1. The summed E-state index contributed by atoms with van der Waals surface area (Å²) in [6.45, 7) is 12.2. The second-order valence-electron chi connectivity index (χ2n) is 9.54. The number of nitrogens with zero attached hydrogens (tertiary/aromatic N) is 2. The number of carbonyl (C=O) groups excluding carboxylic acids is 1. The van der Waals surface area contributed by atoms with E-state index in [0.29, 0.717) is 32.0 Å². The maximum Gasteiger partial charge on any atom is 0.251 e. The van der Waals surface area contributed by atoms with Crippen molar-refractivity contribution in [3.8, 4) is 5.75 Å². The zero-order chi connectivity index (χ0) is 24.9. The number of aromatic nitrogens is 2.